The number of allylic oxidation sites excluding steroid dienone is 1. The van der Waals surface area contributed by atoms with Gasteiger partial charge in [-0.3, -0.25) is 0 Å². The van der Waals surface area contributed by atoms with Crippen LogP contribution in [0.2, 0.25) is 0 Å². The maximum Gasteiger partial charge on any atom is 0.174 e. The molecule has 0 bridgehead atoms. The van der Waals surface area contributed by atoms with Crippen LogP contribution in [0.3, 0.4) is 0 Å². The van der Waals surface area contributed by atoms with Crippen molar-refractivity contribution < 1.29 is 0 Å². The predicted molar refractivity (Wildman–Crippen MR) is 42.6 cm³/mol. The molecule has 0 spiro atoms. The molecule has 0 aliphatic carbocycles. The van der Waals surface area contributed by atoms with Crippen molar-refractivity contribution in [1.29, 1.82) is 5.26 Å². The second-order valence-corrected chi connectivity index (χ2v) is 1.71. The first-order valence-corrected chi connectivity index (χ1v) is 2.79. The third-order valence-corrected chi connectivity index (χ3v) is 1.07. The molecule has 1 aliphatic rings. The van der Waals surface area contributed by atoms with Gasteiger partial charge in [-0.15, -0.1) is 0 Å². The number of rotatable bonds is 1. The van der Waals surface area contributed by atoms with Crippen LogP contribution in [0.15, 0.2) is 28.3 Å². The maximum absolute atomic E-state index is 8.42. The van der Waals surface area contributed by atoms with Gasteiger partial charge in [-0.25, -0.2) is 15.9 Å². The Hall–Kier alpha value is -1.98. The Morgan fingerprint density at radius 2 is 2.27 bits per heavy atom. The third-order valence-electron chi connectivity index (χ3n) is 1.07. The van der Waals surface area contributed by atoms with E-state index in [-0.39, 0.29) is 11.4 Å². The van der Waals surface area contributed by atoms with Crippen LogP contribution in [0.5, 0.6) is 0 Å². The van der Waals surface area contributed by atoms with Crippen LogP contribution < -0.4 is 0 Å². The quantitative estimate of drug-likeness (QED) is 0.497. The smallest absolute Gasteiger partial charge is 0.174 e. The van der Waals surface area contributed by atoms with E-state index in [1.54, 1.807) is 11.9 Å². The highest BCUT2D eigenvalue weighted by Crippen LogP contribution is 2.06. The van der Waals surface area contributed by atoms with Crippen molar-refractivity contribution in [3.05, 3.63) is 23.8 Å². The van der Waals surface area contributed by atoms with E-state index in [2.05, 4.69) is 16.6 Å². The number of nitriles is 1. The van der Waals surface area contributed by atoms with Crippen LogP contribution in [0.4, 0.5) is 0 Å². The largest absolute Gasteiger partial charge is 0.761 e. The van der Waals surface area contributed by atoms with E-state index in [9.17, 15) is 0 Å². The minimum Gasteiger partial charge on any atom is -0.761 e. The Kier molecular flexibility index (Phi) is 1.77. The van der Waals surface area contributed by atoms with E-state index in [1.807, 2.05) is 0 Å². The number of hydrogen-bond acceptors (Lipinski definition) is 3. The first-order valence-electron chi connectivity index (χ1n) is 2.79. The molecule has 1 aliphatic heterocycles. The fourth-order valence-corrected chi connectivity index (χ4v) is 0.607. The second-order valence-electron chi connectivity index (χ2n) is 1.71. The Balaban J connectivity index is 3.17. The SMILES string of the molecule is C=CC1=NC(=C=[N-])C(C#N)=N1. The molecule has 0 saturated carbocycles. The summed E-state index contributed by atoms with van der Waals surface area (Å²) in [6.07, 6.45) is 1.39. The molecule has 0 radical (unpaired) electrons. The molecule has 4 heteroatoms. The Morgan fingerprint density at radius 3 is 2.64 bits per heavy atom. The average molecular weight is 143 g/mol. The molecule has 11 heavy (non-hydrogen) atoms. The monoisotopic (exact) mass is 143 g/mol. The predicted octanol–water partition coefficient (Wildman–Crippen LogP) is 0.672. The van der Waals surface area contributed by atoms with Crippen LogP contribution in [-0.2, 0) is 0 Å². The van der Waals surface area contributed by atoms with Crippen LogP contribution in [0.25, 0.3) is 5.41 Å². The fourth-order valence-electron chi connectivity index (χ4n) is 0.607. The molecule has 0 aromatic rings. The summed E-state index contributed by atoms with van der Waals surface area (Å²) in [5.74, 6) is 2.08. The lowest BCUT2D eigenvalue weighted by Crippen LogP contribution is -1.91. The summed E-state index contributed by atoms with van der Waals surface area (Å²) in [4.78, 5) is 7.41. The van der Waals surface area contributed by atoms with Crippen molar-refractivity contribution in [3.63, 3.8) is 0 Å². The van der Waals surface area contributed by atoms with Gasteiger partial charge in [0.25, 0.3) is 0 Å². The first kappa shape index (κ1) is 7.13. The minimum absolute atomic E-state index is 0.0578. The average Bonchev–Trinajstić information content (AvgIpc) is 2.46. The normalized spacial score (nSPS) is 14.6. The van der Waals surface area contributed by atoms with E-state index in [0.717, 1.165) is 0 Å². The van der Waals surface area contributed by atoms with Gasteiger partial charge in [0.15, 0.2) is 11.5 Å². The molecule has 1 heterocycles. The molecule has 4 nitrogen and oxygen atoms in total. The molecule has 0 amide bonds. The first-order chi connectivity index (χ1) is 5.31. The molecular weight excluding hydrogens is 140 g/mol. The zero-order chi connectivity index (χ0) is 8.27. The zero-order valence-corrected chi connectivity index (χ0v) is 5.57. The van der Waals surface area contributed by atoms with Gasteiger partial charge < -0.3 is 5.41 Å². The summed E-state index contributed by atoms with van der Waals surface area (Å²) in [5, 5.41) is 16.8. The molecule has 0 aromatic heterocycles. The van der Waals surface area contributed by atoms with Gasteiger partial charge in [-0.05, 0) is 6.08 Å². The highest BCUT2D eigenvalue weighted by atomic mass is 15.0. The molecule has 1 rings (SSSR count). The summed E-state index contributed by atoms with van der Waals surface area (Å²) in [6, 6.07) is 1.76. The van der Waals surface area contributed by atoms with Crippen molar-refractivity contribution >= 4 is 17.4 Å². The third kappa shape index (κ3) is 1.13. The molecule has 52 valence electrons. The Labute approximate surface area is 63.4 Å². The number of nitrogens with zero attached hydrogens (tertiary/aromatic N) is 4. The van der Waals surface area contributed by atoms with Gasteiger partial charge in [0.1, 0.15) is 11.8 Å². The van der Waals surface area contributed by atoms with E-state index >= 15 is 0 Å². The van der Waals surface area contributed by atoms with Crippen molar-refractivity contribution in [2.24, 2.45) is 9.98 Å². The van der Waals surface area contributed by atoms with Crippen molar-refractivity contribution in [2.45, 2.75) is 0 Å². The van der Waals surface area contributed by atoms with Gasteiger partial charge in [0.05, 0.1) is 0 Å². The minimum atomic E-state index is 0.0578. The number of amidine groups is 1. The van der Waals surface area contributed by atoms with Crippen molar-refractivity contribution in [1.82, 2.24) is 0 Å². The number of hydrogen-bond donors (Lipinski definition) is 0. The van der Waals surface area contributed by atoms with E-state index < -0.39 is 0 Å². The summed E-state index contributed by atoms with van der Waals surface area (Å²) in [6.45, 7) is 3.41. The van der Waals surface area contributed by atoms with E-state index in [4.69, 9.17) is 10.7 Å². The van der Waals surface area contributed by atoms with Crippen molar-refractivity contribution in [3.8, 4) is 6.07 Å². The lowest BCUT2D eigenvalue weighted by Gasteiger charge is -1.83. The summed E-state index contributed by atoms with van der Waals surface area (Å²) < 4.78 is 0. The standard InChI is InChI=1S/C7H3N4/c1-2-7-10-5(3-8)6(4-9)11-7/h2H,1H2/q-1. The zero-order valence-electron chi connectivity index (χ0n) is 5.57. The fraction of sp³-hybridized carbons (Fsp3) is 0. The second kappa shape index (κ2) is 2.74. The van der Waals surface area contributed by atoms with Gasteiger partial charge in [-0.1, -0.05) is 6.58 Å². The van der Waals surface area contributed by atoms with Gasteiger partial charge in [0, 0.05) is 0 Å². The van der Waals surface area contributed by atoms with Gasteiger partial charge in [-0.2, -0.15) is 5.26 Å². The topological polar surface area (TPSA) is 70.8 Å². The molecule has 0 unspecified atom stereocenters. The van der Waals surface area contributed by atoms with Crippen LogP contribution >= 0.6 is 0 Å². The van der Waals surface area contributed by atoms with Crippen molar-refractivity contribution in [2.75, 3.05) is 0 Å². The molecular formula is C7H3N4-. The van der Waals surface area contributed by atoms with Crippen LogP contribution in [0.1, 0.15) is 0 Å². The summed E-state index contributed by atoms with van der Waals surface area (Å²) in [7, 11) is 0. The van der Waals surface area contributed by atoms with Gasteiger partial charge in [0.2, 0.25) is 0 Å². The highest BCUT2D eigenvalue weighted by molar-refractivity contribution is 6.25. The van der Waals surface area contributed by atoms with E-state index in [0.29, 0.717) is 5.84 Å². The molecule has 0 aromatic carbocycles. The Bertz CT molecular complexity index is 347. The molecule has 0 N–H and O–H groups in total. The maximum atomic E-state index is 8.42. The van der Waals surface area contributed by atoms with Crippen LogP contribution in [0, 0.1) is 11.3 Å². The van der Waals surface area contributed by atoms with E-state index in [1.165, 1.54) is 6.08 Å². The lowest BCUT2D eigenvalue weighted by molar-refractivity contribution is 1.52. The summed E-state index contributed by atoms with van der Waals surface area (Å²) >= 11 is 0. The molecule has 0 fully saturated rings. The van der Waals surface area contributed by atoms with Crippen LogP contribution in [-0.4, -0.2) is 17.4 Å². The molecule has 0 atom stereocenters. The Morgan fingerprint density at radius 1 is 1.55 bits per heavy atom. The molecule has 0 saturated heterocycles. The highest BCUT2D eigenvalue weighted by Gasteiger charge is 2.11. The summed E-state index contributed by atoms with van der Waals surface area (Å²) in [5.41, 5.74) is 0.116. The number of aliphatic imine (C=N–C) groups is 2. The van der Waals surface area contributed by atoms with Gasteiger partial charge >= 0.3 is 0 Å². The lowest BCUT2D eigenvalue weighted by atomic mass is 10.3.